The van der Waals surface area contributed by atoms with E-state index in [2.05, 4.69) is 10.6 Å². The summed E-state index contributed by atoms with van der Waals surface area (Å²) in [5.74, 6) is -2.00. The van der Waals surface area contributed by atoms with Crippen LogP contribution in [0.3, 0.4) is 0 Å². The number of anilines is 1. The van der Waals surface area contributed by atoms with Gasteiger partial charge in [-0.05, 0) is 76.5 Å². The van der Waals surface area contributed by atoms with Gasteiger partial charge in [0.25, 0.3) is 0 Å². The number of hydrogen-bond donors (Lipinski definition) is 4. The fourth-order valence-electron chi connectivity index (χ4n) is 6.96. The van der Waals surface area contributed by atoms with Crippen LogP contribution in [0.25, 0.3) is 0 Å². The number of carbonyl (C=O) groups excluding carboxylic acids is 4. The van der Waals surface area contributed by atoms with Crippen LogP contribution < -0.4 is 15.5 Å². The molecule has 2 heterocycles. The molecule has 14 nitrogen and oxygen atoms in total. The third kappa shape index (κ3) is 11.5. The Morgan fingerprint density at radius 1 is 0.873 bits per heavy atom. The Kier molecular flexibility index (Phi) is 16.4. The van der Waals surface area contributed by atoms with Crippen molar-refractivity contribution in [3.05, 3.63) is 78.4 Å². The fraction of sp³-hybridized carbons (Fsp3) is 0.512. The number of carbonyl (C=O) groups is 4. The van der Waals surface area contributed by atoms with E-state index in [9.17, 15) is 29.4 Å². The van der Waals surface area contributed by atoms with Crippen molar-refractivity contribution in [2.75, 3.05) is 31.2 Å². The molecule has 0 spiro atoms. The van der Waals surface area contributed by atoms with Crippen LogP contribution in [0.5, 0.6) is 11.8 Å². The van der Waals surface area contributed by atoms with E-state index in [1.54, 1.807) is 11.8 Å². The average molecular weight is 764 g/mol. The lowest BCUT2D eigenvalue weighted by Gasteiger charge is -2.41. The largest absolute Gasteiger partial charge is 0.494 e. The number of aromatic hydroxyl groups is 2. The van der Waals surface area contributed by atoms with Gasteiger partial charge >= 0.3 is 6.09 Å². The zero-order chi connectivity index (χ0) is 39.9. The summed E-state index contributed by atoms with van der Waals surface area (Å²) in [7, 11) is 0. The van der Waals surface area contributed by atoms with Gasteiger partial charge in [0.2, 0.25) is 17.7 Å². The van der Waals surface area contributed by atoms with Gasteiger partial charge in [-0.25, -0.2) is 4.79 Å². The normalized spacial score (nSPS) is 15.8. The summed E-state index contributed by atoms with van der Waals surface area (Å²) in [5, 5.41) is 26.6. The Morgan fingerprint density at radius 3 is 2.09 bits per heavy atom. The van der Waals surface area contributed by atoms with Crippen LogP contribution >= 0.6 is 0 Å². The molecule has 0 aliphatic carbocycles. The molecule has 0 saturated carbocycles. The molecule has 55 heavy (non-hydrogen) atoms. The van der Waals surface area contributed by atoms with Crippen molar-refractivity contribution in [3.8, 4) is 11.8 Å². The number of hydrogen-bond acceptors (Lipinski definition) is 9. The van der Waals surface area contributed by atoms with Gasteiger partial charge in [0.05, 0.1) is 6.04 Å². The molecule has 4 rings (SSSR count). The van der Waals surface area contributed by atoms with Gasteiger partial charge in [0.1, 0.15) is 24.7 Å². The topological polar surface area (TPSA) is 172 Å². The van der Waals surface area contributed by atoms with Crippen molar-refractivity contribution in [1.29, 1.82) is 0 Å². The van der Waals surface area contributed by atoms with Gasteiger partial charge in [-0.15, -0.1) is 0 Å². The van der Waals surface area contributed by atoms with Crippen LogP contribution in [-0.2, 0) is 35.2 Å². The first-order chi connectivity index (χ1) is 26.5. The summed E-state index contributed by atoms with van der Waals surface area (Å²) in [5.41, 5.74) is 1.52. The monoisotopic (exact) mass is 763 g/mol. The van der Waals surface area contributed by atoms with Crippen molar-refractivity contribution in [3.63, 3.8) is 0 Å². The molecule has 1 fully saturated rings. The number of alkyl carbamates (subject to hydrolysis) is 1. The van der Waals surface area contributed by atoms with Crippen molar-refractivity contribution < 1.29 is 43.6 Å². The molecule has 4 atom stereocenters. The van der Waals surface area contributed by atoms with E-state index in [0.717, 1.165) is 10.1 Å². The summed E-state index contributed by atoms with van der Waals surface area (Å²) >= 11 is 0. The number of benzene rings is 2. The zero-order valence-corrected chi connectivity index (χ0v) is 32.6. The van der Waals surface area contributed by atoms with Gasteiger partial charge < -0.3 is 44.9 Å². The predicted octanol–water partition coefficient (Wildman–Crippen LogP) is 5.49. The Hall–Kier alpha value is -5.08. The van der Waals surface area contributed by atoms with Crippen molar-refractivity contribution in [2.45, 2.75) is 104 Å². The molecule has 1 saturated heterocycles. The number of amides is 4. The number of rotatable bonds is 20. The van der Waals surface area contributed by atoms with Gasteiger partial charge in [-0.3, -0.25) is 19.0 Å². The maximum atomic E-state index is 14.7. The molecular formula is C41H57N5O9. The molecule has 0 bridgehead atoms. The minimum atomic E-state index is -1.07. The third-order valence-corrected chi connectivity index (χ3v) is 9.62. The van der Waals surface area contributed by atoms with E-state index < -0.39 is 48.4 Å². The maximum Gasteiger partial charge on any atom is 0.407 e. The smallest absolute Gasteiger partial charge is 0.407 e. The van der Waals surface area contributed by atoms with Gasteiger partial charge in [0.15, 0.2) is 18.1 Å². The Balaban J connectivity index is 1.44. The molecule has 3 aromatic rings. The van der Waals surface area contributed by atoms with Crippen molar-refractivity contribution >= 4 is 29.5 Å². The van der Waals surface area contributed by atoms with Gasteiger partial charge in [0, 0.05) is 44.1 Å². The van der Waals surface area contributed by atoms with Crippen LogP contribution in [0.15, 0.2) is 72.8 Å². The second-order valence-corrected chi connectivity index (χ2v) is 13.9. The van der Waals surface area contributed by atoms with Crippen LogP contribution in [0.1, 0.15) is 78.3 Å². The van der Waals surface area contributed by atoms with Crippen LogP contribution in [0, 0.1) is 5.92 Å². The summed E-state index contributed by atoms with van der Waals surface area (Å²) in [4.78, 5) is 58.0. The van der Waals surface area contributed by atoms with E-state index >= 15 is 0 Å². The molecule has 14 heteroatoms. The van der Waals surface area contributed by atoms with E-state index in [4.69, 9.17) is 14.2 Å². The molecule has 1 aliphatic rings. The summed E-state index contributed by atoms with van der Waals surface area (Å²) in [6.45, 7) is 10.8. The van der Waals surface area contributed by atoms with Crippen LogP contribution in [-0.4, -0.2) is 94.2 Å². The highest BCUT2D eigenvalue weighted by Crippen LogP contribution is 2.32. The van der Waals surface area contributed by atoms with E-state index in [-0.39, 0.29) is 43.2 Å². The fourth-order valence-corrected chi connectivity index (χ4v) is 6.96. The molecule has 2 aromatic carbocycles. The molecule has 1 aromatic heterocycles. The van der Waals surface area contributed by atoms with Crippen molar-refractivity contribution in [2.24, 2.45) is 5.92 Å². The lowest BCUT2D eigenvalue weighted by atomic mass is 9.98. The van der Waals surface area contributed by atoms with Crippen LogP contribution in [0.2, 0.25) is 0 Å². The molecule has 4 amide bonds. The average Bonchev–Trinajstić information content (AvgIpc) is 3.80. The number of nitrogens with zero attached hydrogens (tertiary/aromatic N) is 3. The molecule has 0 radical (unpaired) electrons. The first-order valence-corrected chi connectivity index (χ1v) is 19.2. The molecule has 4 N–H and O–H groups in total. The first-order valence-electron chi connectivity index (χ1n) is 19.2. The van der Waals surface area contributed by atoms with E-state index in [1.165, 1.54) is 17.0 Å². The molecular weight excluding hydrogens is 706 g/mol. The SMILES string of the molecule is CCOC(OCC)[C@H](C(C)C)N(C(=O)[C@@H]1CCCN1C(=O)[C@H](C)NC(=O)[C@H](CCCCNC(=O)OCc1ccccc1)n1c(O)ccc1O)c1ccccc1. The number of unbranched alkanes of at least 4 members (excludes halogenated alkanes) is 1. The highest BCUT2D eigenvalue weighted by Gasteiger charge is 2.44. The minimum Gasteiger partial charge on any atom is -0.494 e. The van der Waals surface area contributed by atoms with Gasteiger partial charge in [-0.1, -0.05) is 62.4 Å². The minimum absolute atomic E-state index is 0.0706. The Morgan fingerprint density at radius 2 is 1.49 bits per heavy atom. The lowest BCUT2D eigenvalue weighted by molar-refractivity contribution is -0.159. The summed E-state index contributed by atoms with van der Waals surface area (Å²) in [6, 6.07) is 17.7. The number of para-hydroxylation sites is 1. The van der Waals surface area contributed by atoms with E-state index in [1.807, 2.05) is 88.4 Å². The first kappa shape index (κ1) is 42.7. The Bertz CT molecular complexity index is 1640. The number of ether oxygens (including phenoxy) is 3. The van der Waals surface area contributed by atoms with E-state index in [0.29, 0.717) is 51.1 Å². The second-order valence-electron chi connectivity index (χ2n) is 13.9. The highest BCUT2D eigenvalue weighted by molar-refractivity contribution is 6.01. The summed E-state index contributed by atoms with van der Waals surface area (Å²) in [6.07, 6.45) is 0.842. The quantitative estimate of drug-likeness (QED) is 0.0858. The predicted molar refractivity (Wildman–Crippen MR) is 207 cm³/mol. The second kappa shape index (κ2) is 21.1. The third-order valence-electron chi connectivity index (χ3n) is 9.62. The number of aromatic nitrogens is 1. The molecule has 0 unspecified atom stereocenters. The number of nitrogens with one attached hydrogen (secondary N) is 2. The van der Waals surface area contributed by atoms with Gasteiger partial charge in [-0.2, -0.15) is 0 Å². The maximum absolute atomic E-state index is 14.7. The van der Waals surface area contributed by atoms with Crippen LogP contribution in [0.4, 0.5) is 10.5 Å². The number of likely N-dealkylation sites (tertiary alicyclic amines) is 1. The summed E-state index contributed by atoms with van der Waals surface area (Å²) < 4.78 is 18.4. The standard InChI is InChI=1S/C41H57N5O9/c1-6-53-40(54-7-2)36(28(3)4)45(31-19-12-9-13-20-31)39(51)33-22-16-26-44(33)38(50)29(5)43-37(49)32(46-34(47)23-24-35(46)48)21-14-15-25-42-41(52)55-27-30-17-10-8-11-18-30/h8-13,17-20,23-24,28-29,32-33,36,40,47-48H,6-7,14-16,21-22,25-27H2,1-5H3,(H,42,52)(H,43,49)/t29-,32-,33-,36-/m0/s1. The Labute approximate surface area is 323 Å². The van der Waals surface area contributed by atoms with Crippen molar-refractivity contribution in [1.82, 2.24) is 20.1 Å². The molecule has 1 aliphatic heterocycles. The molecule has 300 valence electrons. The highest BCUT2D eigenvalue weighted by atomic mass is 16.7. The lowest BCUT2D eigenvalue weighted by Crippen LogP contribution is -2.59. The zero-order valence-electron chi connectivity index (χ0n) is 32.6.